The van der Waals surface area contributed by atoms with E-state index in [2.05, 4.69) is 39.2 Å². The van der Waals surface area contributed by atoms with E-state index < -0.39 is 0 Å². The molecule has 21 heavy (non-hydrogen) atoms. The summed E-state index contributed by atoms with van der Waals surface area (Å²) in [7, 11) is 0. The predicted molar refractivity (Wildman–Crippen MR) is 87.7 cm³/mol. The molecule has 3 heterocycles. The summed E-state index contributed by atoms with van der Waals surface area (Å²) in [6, 6.07) is 5.14. The van der Waals surface area contributed by atoms with Gasteiger partial charge in [-0.3, -0.25) is 4.90 Å². The monoisotopic (exact) mass is 288 g/mol. The number of likely N-dealkylation sites (tertiary alicyclic amines) is 1. The molecular formula is C17H28N4. The van der Waals surface area contributed by atoms with Gasteiger partial charge in [0.1, 0.15) is 5.82 Å². The predicted octanol–water partition coefficient (Wildman–Crippen LogP) is 2.26. The Balaban J connectivity index is 1.55. The van der Waals surface area contributed by atoms with Gasteiger partial charge in [-0.25, -0.2) is 4.98 Å². The largest absolute Gasteiger partial charge is 0.355 e. The highest BCUT2D eigenvalue weighted by Crippen LogP contribution is 2.23. The van der Waals surface area contributed by atoms with E-state index in [1.54, 1.807) is 0 Å². The van der Waals surface area contributed by atoms with Crippen molar-refractivity contribution in [2.24, 2.45) is 0 Å². The maximum atomic E-state index is 4.66. The van der Waals surface area contributed by atoms with Crippen LogP contribution < -0.4 is 10.2 Å². The quantitative estimate of drug-likeness (QED) is 0.900. The molecule has 0 spiro atoms. The first-order valence-corrected chi connectivity index (χ1v) is 8.51. The van der Waals surface area contributed by atoms with Crippen LogP contribution in [0.5, 0.6) is 0 Å². The van der Waals surface area contributed by atoms with E-state index in [-0.39, 0.29) is 0 Å². The number of aromatic nitrogens is 1. The highest BCUT2D eigenvalue weighted by molar-refractivity contribution is 5.41. The minimum Gasteiger partial charge on any atom is -0.355 e. The van der Waals surface area contributed by atoms with Crippen molar-refractivity contribution in [1.82, 2.24) is 15.2 Å². The molecule has 0 bridgehead atoms. The van der Waals surface area contributed by atoms with E-state index in [9.17, 15) is 0 Å². The van der Waals surface area contributed by atoms with Crippen LogP contribution in [0, 0.1) is 0 Å². The number of nitrogens with one attached hydrogen (secondary N) is 1. The number of pyridine rings is 1. The van der Waals surface area contributed by atoms with Crippen LogP contribution in [0.1, 0.15) is 38.2 Å². The SMILES string of the molecule is CCNCc1ccc(N2CCC(N3CCCCC3)C2)nc1. The molecule has 0 aromatic carbocycles. The summed E-state index contributed by atoms with van der Waals surface area (Å²) in [5.74, 6) is 1.15. The molecule has 0 aliphatic carbocycles. The molecule has 0 radical (unpaired) electrons. The molecule has 116 valence electrons. The van der Waals surface area contributed by atoms with E-state index in [1.807, 2.05) is 6.20 Å². The molecular weight excluding hydrogens is 260 g/mol. The Labute approximate surface area is 128 Å². The van der Waals surface area contributed by atoms with Gasteiger partial charge < -0.3 is 10.2 Å². The number of anilines is 1. The lowest BCUT2D eigenvalue weighted by Gasteiger charge is -2.32. The van der Waals surface area contributed by atoms with Gasteiger partial charge in [0, 0.05) is 31.9 Å². The van der Waals surface area contributed by atoms with Crippen LogP contribution in [0.15, 0.2) is 18.3 Å². The lowest BCUT2D eigenvalue weighted by Crippen LogP contribution is -2.40. The van der Waals surface area contributed by atoms with Crippen molar-refractivity contribution in [3.8, 4) is 0 Å². The third-order valence-corrected chi connectivity index (χ3v) is 4.78. The summed E-state index contributed by atoms with van der Waals surface area (Å²) in [5, 5.41) is 3.34. The molecule has 2 saturated heterocycles. The Kier molecular flexibility index (Phi) is 5.09. The summed E-state index contributed by atoms with van der Waals surface area (Å²) >= 11 is 0. The summed E-state index contributed by atoms with van der Waals surface area (Å²) in [6.07, 6.45) is 7.50. The first kappa shape index (κ1) is 14.8. The van der Waals surface area contributed by atoms with E-state index >= 15 is 0 Å². The van der Waals surface area contributed by atoms with E-state index in [1.165, 1.54) is 44.3 Å². The van der Waals surface area contributed by atoms with Crippen molar-refractivity contribution in [3.05, 3.63) is 23.9 Å². The van der Waals surface area contributed by atoms with Crippen LogP contribution in [0.2, 0.25) is 0 Å². The molecule has 0 saturated carbocycles. The summed E-state index contributed by atoms with van der Waals surface area (Å²) in [6.45, 7) is 8.96. The third kappa shape index (κ3) is 3.74. The van der Waals surface area contributed by atoms with Crippen molar-refractivity contribution in [3.63, 3.8) is 0 Å². The maximum Gasteiger partial charge on any atom is 0.128 e. The number of hydrogen-bond donors (Lipinski definition) is 1. The van der Waals surface area contributed by atoms with Crippen LogP contribution >= 0.6 is 0 Å². The molecule has 2 fully saturated rings. The van der Waals surface area contributed by atoms with Crippen molar-refractivity contribution < 1.29 is 0 Å². The molecule has 0 amide bonds. The van der Waals surface area contributed by atoms with Gasteiger partial charge in [-0.1, -0.05) is 19.4 Å². The van der Waals surface area contributed by atoms with Crippen molar-refractivity contribution >= 4 is 5.82 Å². The fourth-order valence-electron chi connectivity index (χ4n) is 3.51. The fraction of sp³-hybridized carbons (Fsp3) is 0.706. The molecule has 1 unspecified atom stereocenters. The Hall–Kier alpha value is -1.13. The second-order valence-corrected chi connectivity index (χ2v) is 6.29. The Bertz CT molecular complexity index is 425. The Morgan fingerprint density at radius 3 is 2.76 bits per heavy atom. The molecule has 4 nitrogen and oxygen atoms in total. The number of hydrogen-bond acceptors (Lipinski definition) is 4. The molecule has 1 aromatic heterocycles. The molecule has 1 aromatic rings. The molecule has 3 rings (SSSR count). The van der Waals surface area contributed by atoms with Gasteiger partial charge in [0.05, 0.1) is 0 Å². The highest BCUT2D eigenvalue weighted by Gasteiger charge is 2.28. The Morgan fingerprint density at radius 1 is 1.19 bits per heavy atom. The average Bonchev–Trinajstić information content (AvgIpc) is 3.04. The Morgan fingerprint density at radius 2 is 2.05 bits per heavy atom. The maximum absolute atomic E-state index is 4.66. The first-order chi connectivity index (χ1) is 10.4. The summed E-state index contributed by atoms with van der Waals surface area (Å²) in [4.78, 5) is 9.81. The molecule has 4 heteroatoms. The topological polar surface area (TPSA) is 31.4 Å². The van der Waals surface area contributed by atoms with Gasteiger partial charge in [0.2, 0.25) is 0 Å². The fourth-order valence-corrected chi connectivity index (χ4v) is 3.51. The normalized spacial score (nSPS) is 23.7. The minimum absolute atomic E-state index is 0.744. The van der Waals surface area contributed by atoms with Crippen LogP contribution in [0.3, 0.4) is 0 Å². The number of piperidine rings is 1. The molecule has 2 aliphatic rings. The van der Waals surface area contributed by atoms with Gasteiger partial charge in [0.25, 0.3) is 0 Å². The van der Waals surface area contributed by atoms with Crippen LogP contribution in [-0.2, 0) is 6.54 Å². The lowest BCUT2D eigenvalue weighted by molar-refractivity contribution is 0.175. The van der Waals surface area contributed by atoms with Crippen LogP contribution in [-0.4, -0.2) is 48.6 Å². The highest BCUT2D eigenvalue weighted by atomic mass is 15.3. The molecule has 2 aliphatic heterocycles. The van der Waals surface area contributed by atoms with E-state index in [4.69, 9.17) is 0 Å². The van der Waals surface area contributed by atoms with Gasteiger partial charge >= 0.3 is 0 Å². The summed E-state index contributed by atoms with van der Waals surface area (Å²) < 4.78 is 0. The van der Waals surface area contributed by atoms with Crippen molar-refractivity contribution in [1.29, 1.82) is 0 Å². The standard InChI is InChI=1S/C17H28N4/c1-2-18-12-15-6-7-17(19-13-15)21-11-8-16(14-21)20-9-4-3-5-10-20/h6-7,13,16,18H,2-5,8-12,14H2,1H3. The zero-order valence-electron chi connectivity index (χ0n) is 13.2. The molecule has 1 N–H and O–H groups in total. The van der Waals surface area contributed by atoms with Gasteiger partial charge in [-0.05, 0) is 50.5 Å². The number of nitrogens with zero attached hydrogens (tertiary/aromatic N) is 3. The van der Waals surface area contributed by atoms with Crippen LogP contribution in [0.25, 0.3) is 0 Å². The van der Waals surface area contributed by atoms with Crippen LogP contribution in [0.4, 0.5) is 5.82 Å². The summed E-state index contributed by atoms with van der Waals surface area (Å²) in [5.41, 5.74) is 1.27. The third-order valence-electron chi connectivity index (χ3n) is 4.78. The zero-order valence-corrected chi connectivity index (χ0v) is 13.2. The average molecular weight is 288 g/mol. The van der Waals surface area contributed by atoms with Gasteiger partial charge in [0.15, 0.2) is 0 Å². The van der Waals surface area contributed by atoms with Crippen molar-refractivity contribution in [2.45, 2.75) is 45.2 Å². The lowest BCUT2D eigenvalue weighted by atomic mass is 10.1. The van der Waals surface area contributed by atoms with E-state index in [0.717, 1.165) is 38.0 Å². The molecule has 1 atom stereocenters. The second kappa shape index (κ2) is 7.23. The zero-order chi connectivity index (χ0) is 14.5. The van der Waals surface area contributed by atoms with Gasteiger partial charge in [-0.2, -0.15) is 0 Å². The minimum atomic E-state index is 0.744. The second-order valence-electron chi connectivity index (χ2n) is 6.29. The first-order valence-electron chi connectivity index (χ1n) is 8.51. The van der Waals surface area contributed by atoms with Gasteiger partial charge in [-0.15, -0.1) is 0 Å². The van der Waals surface area contributed by atoms with E-state index in [0.29, 0.717) is 0 Å². The number of rotatable bonds is 5. The van der Waals surface area contributed by atoms with Crippen molar-refractivity contribution in [2.75, 3.05) is 37.6 Å². The smallest absolute Gasteiger partial charge is 0.128 e.